The summed E-state index contributed by atoms with van der Waals surface area (Å²) in [5.41, 5.74) is 0.598. The molecule has 1 aromatic rings. The van der Waals surface area contributed by atoms with Gasteiger partial charge in [0.15, 0.2) is 0 Å². The number of amides is 1. The van der Waals surface area contributed by atoms with Crippen LogP contribution in [0.2, 0.25) is 0 Å². The molecule has 4 rings (SSSR count). The van der Waals surface area contributed by atoms with Crippen molar-refractivity contribution < 1.29 is 4.79 Å². The Morgan fingerprint density at radius 2 is 2.12 bits per heavy atom. The molecule has 26 heavy (non-hydrogen) atoms. The van der Waals surface area contributed by atoms with Crippen LogP contribution in [-0.2, 0) is 4.79 Å². The van der Waals surface area contributed by atoms with Gasteiger partial charge in [0, 0.05) is 44.3 Å². The number of pyridine rings is 1. The summed E-state index contributed by atoms with van der Waals surface area (Å²) in [5.74, 6) is 2.31. The van der Waals surface area contributed by atoms with Crippen LogP contribution < -0.4 is 4.90 Å². The van der Waals surface area contributed by atoms with Crippen molar-refractivity contribution in [1.29, 1.82) is 5.26 Å². The van der Waals surface area contributed by atoms with Gasteiger partial charge >= 0.3 is 0 Å². The molecule has 6 nitrogen and oxygen atoms in total. The van der Waals surface area contributed by atoms with Crippen molar-refractivity contribution in [2.75, 3.05) is 38.6 Å². The average Bonchev–Trinajstić information content (AvgIpc) is 2.65. The van der Waals surface area contributed by atoms with Crippen molar-refractivity contribution in [3.05, 3.63) is 23.9 Å². The van der Waals surface area contributed by atoms with E-state index >= 15 is 0 Å². The minimum Gasteiger partial charge on any atom is -0.356 e. The monoisotopic (exact) mass is 353 g/mol. The molecule has 0 aromatic carbocycles. The van der Waals surface area contributed by atoms with Crippen molar-refractivity contribution in [2.24, 2.45) is 11.8 Å². The predicted molar refractivity (Wildman–Crippen MR) is 99.6 cm³/mol. The Morgan fingerprint density at radius 1 is 1.31 bits per heavy atom. The van der Waals surface area contributed by atoms with Crippen molar-refractivity contribution in [1.82, 2.24) is 14.8 Å². The van der Waals surface area contributed by atoms with Gasteiger partial charge in [-0.3, -0.25) is 4.79 Å². The molecule has 3 aliphatic rings. The van der Waals surface area contributed by atoms with E-state index in [1.807, 2.05) is 12.1 Å². The number of anilines is 1. The number of nitriles is 1. The second-order valence-corrected chi connectivity index (χ2v) is 8.27. The second-order valence-electron chi connectivity index (χ2n) is 8.27. The van der Waals surface area contributed by atoms with E-state index in [0.29, 0.717) is 41.8 Å². The number of aromatic nitrogens is 1. The first-order valence-corrected chi connectivity index (χ1v) is 9.64. The Balaban J connectivity index is 1.61. The minimum atomic E-state index is 0.292. The van der Waals surface area contributed by atoms with Crippen molar-refractivity contribution in [2.45, 2.75) is 37.8 Å². The molecule has 2 bridgehead atoms. The molecule has 138 valence electrons. The summed E-state index contributed by atoms with van der Waals surface area (Å²) in [4.78, 5) is 24.1. The van der Waals surface area contributed by atoms with Gasteiger partial charge in [0.05, 0.1) is 5.56 Å². The molecule has 0 spiro atoms. The van der Waals surface area contributed by atoms with Gasteiger partial charge in [-0.15, -0.1) is 0 Å². The SMILES string of the molecule is CN(C)C[C@H]1[C@H]2C[C@H](CN(c3ccc(C#N)cn3)C2)[C@@H]2CCCC(=O)N21. The lowest BCUT2D eigenvalue weighted by molar-refractivity contribution is -0.149. The number of likely N-dealkylation sites (N-methyl/N-ethyl adjacent to an activating group) is 1. The highest BCUT2D eigenvalue weighted by atomic mass is 16.2. The number of carbonyl (C=O) groups is 1. The van der Waals surface area contributed by atoms with Gasteiger partial charge in [0.25, 0.3) is 0 Å². The number of hydrogen-bond acceptors (Lipinski definition) is 5. The molecule has 3 aliphatic heterocycles. The summed E-state index contributed by atoms with van der Waals surface area (Å²) in [7, 11) is 4.19. The lowest BCUT2D eigenvalue weighted by Crippen LogP contribution is -2.67. The van der Waals surface area contributed by atoms with E-state index in [-0.39, 0.29) is 0 Å². The van der Waals surface area contributed by atoms with Crippen LogP contribution in [0.25, 0.3) is 0 Å². The van der Waals surface area contributed by atoms with Crippen LogP contribution >= 0.6 is 0 Å². The van der Waals surface area contributed by atoms with Crippen LogP contribution in [0, 0.1) is 23.2 Å². The lowest BCUT2D eigenvalue weighted by atomic mass is 9.72. The van der Waals surface area contributed by atoms with E-state index in [2.05, 4.69) is 39.8 Å². The second kappa shape index (κ2) is 6.88. The van der Waals surface area contributed by atoms with E-state index in [0.717, 1.165) is 38.3 Å². The zero-order valence-corrected chi connectivity index (χ0v) is 15.6. The van der Waals surface area contributed by atoms with Crippen LogP contribution in [0.5, 0.6) is 0 Å². The summed E-state index contributed by atoms with van der Waals surface area (Å²) in [6, 6.07) is 6.61. The first-order valence-electron chi connectivity index (χ1n) is 9.64. The maximum absolute atomic E-state index is 12.7. The molecule has 0 unspecified atom stereocenters. The summed E-state index contributed by atoms with van der Waals surface area (Å²) < 4.78 is 0. The summed E-state index contributed by atoms with van der Waals surface area (Å²) in [5, 5.41) is 9.00. The predicted octanol–water partition coefficient (Wildman–Crippen LogP) is 1.72. The van der Waals surface area contributed by atoms with Crippen LogP contribution in [0.1, 0.15) is 31.2 Å². The highest BCUT2D eigenvalue weighted by Gasteiger charge is 2.49. The Morgan fingerprint density at radius 3 is 2.81 bits per heavy atom. The summed E-state index contributed by atoms with van der Waals surface area (Å²) in [6.45, 7) is 2.82. The summed E-state index contributed by atoms with van der Waals surface area (Å²) in [6.07, 6.45) is 5.72. The highest BCUT2D eigenvalue weighted by molar-refractivity contribution is 5.78. The molecule has 3 saturated heterocycles. The van der Waals surface area contributed by atoms with Crippen molar-refractivity contribution >= 4 is 11.7 Å². The Kier molecular flexibility index (Phi) is 4.58. The molecule has 6 heteroatoms. The quantitative estimate of drug-likeness (QED) is 0.828. The molecular formula is C20H27N5O. The van der Waals surface area contributed by atoms with E-state index in [4.69, 9.17) is 5.26 Å². The van der Waals surface area contributed by atoms with Gasteiger partial charge in [0.2, 0.25) is 5.91 Å². The fourth-order valence-corrected chi connectivity index (χ4v) is 5.21. The molecule has 0 radical (unpaired) electrons. The van der Waals surface area contributed by atoms with Gasteiger partial charge < -0.3 is 14.7 Å². The number of nitrogens with zero attached hydrogens (tertiary/aromatic N) is 5. The normalized spacial score (nSPS) is 30.9. The molecule has 0 saturated carbocycles. The smallest absolute Gasteiger partial charge is 0.223 e. The van der Waals surface area contributed by atoms with E-state index in [1.165, 1.54) is 6.42 Å². The third kappa shape index (κ3) is 3.05. The largest absolute Gasteiger partial charge is 0.356 e. The average molecular weight is 353 g/mol. The van der Waals surface area contributed by atoms with Crippen molar-refractivity contribution in [3.63, 3.8) is 0 Å². The fourth-order valence-electron chi connectivity index (χ4n) is 5.21. The van der Waals surface area contributed by atoms with Crippen LogP contribution in [-0.4, -0.2) is 66.5 Å². The maximum Gasteiger partial charge on any atom is 0.223 e. The maximum atomic E-state index is 12.7. The van der Waals surface area contributed by atoms with Gasteiger partial charge in [-0.2, -0.15) is 5.26 Å². The topological polar surface area (TPSA) is 63.5 Å². The first kappa shape index (κ1) is 17.3. The molecule has 3 fully saturated rings. The molecule has 1 aromatic heterocycles. The van der Waals surface area contributed by atoms with Gasteiger partial charge in [0.1, 0.15) is 11.9 Å². The van der Waals surface area contributed by atoms with Gasteiger partial charge in [-0.25, -0.2) is 4.98 Å². The van der Waals surface area contributed by atoms with E-state index in [9.17, 15) is 4.79 Å². The highest BCUT2D eigenvalue weighted by Crippen LogP contribution is 2.42. The number of hydrogen-bond donors (Lipinski definition) is 0. The number of fused-ring (bicyclic) bond motifs is 4. The molecule has 1 amide bonds. The molecule has 0 N–H and O–H groups in total. The third-order valence-electron chi connectivity index (χ3n) is 6.25. The molecule has 4 atom stereocenters. The Bertz CT molecular complexity index is 710. The number of carbonyl (C=O) groups excluding carboxylic acids is 1. The van der Waals surface area contributed by atoms with Crippen LogP contribution in [0.15, 0.2) is 18.3 Å². The number of piperidine rings is 3. The number of rotatable bonds is 3. The standard InChI is InChI=1S/C20H27N5O/c1-23(2)13-18-16-8-15(17-4-3-5-20(26)25(17)18)11-24(12-16)19-7-6-14(9-21)10-22-19/h6-7,10,15-18H,3-5,8,11-13H2,1-2H3/t15-,16+,17+,18+/m1/s1. The Hall–Kier alpha value is -2.13. The molecular weight excluding hydrogens is 326 g/mol. The van der Waals surface area contributed by atoms with Crippen LogP contribution in [0.3, 0.4) is 0 Å². The first-order chi connectivity index (χ1) is 12.6. The van der Waals surface area contributed by atoms with Crippen LogP contribution in [0.4, 0.5) is 5.82 Å². The zero-order valence-electron chi connectivity index (χ0n) is 15.6. The van der Waals surface area contributed by atoms with Gasteiger partial charge in [-0.05, 0) is 57.3 Å². The Labute approximate surface area is 155 Å². The molecule has 4 heterocycles. The van der Waals surface area contributed by atoms with E-state index < -0.39 is 0 Å². The van der Waals surface area contributed by atoms with Gasteiger partial charge in [-0.1, -0.05) is 0 Å². The van der Waals surface area contributed by atoms with Crippen molar-refractivity contribution in [3.8, 4) is 6.07 Å². The summed E-state index contributed by atoms with van der Waals surface area (Å²) >= 11 is 0. The third-order valence-corrected chi connectivity index (χ3v) is 6.25. The van der Waals surface area contributed by atoms with E-state index in [1.54, 1.807) is 6.20 Å². The lowest BCUT2D eigenvalue weighted by Gasteiger charge is -2.57. The molecule has 0 aliphatic carbocycles. The zero-order chi connectivity index (χ0) is 18.3. The minimum absolute atomic E-state index is 0.292. The fraction of sp³-hybridized carbons (Fsp3) is 0.650.